The van der Waals surface area contributed by atoms with Crippen LogP contribution in [0.2, 0.25) is 5.02 Å². The molecule has 1 aliphatic rings. The van der Waals surface area contributed by atoms with Crippen LogP contribution >= 0.6 is 11.6 Å². The van der Waals surface area contributed by atoms with E-state index in [1.165, 1.54) is 0 Å². The summed E-state index contributed by atoms with van der Waals surface area (Å²) in [6.45, 7) is 0.0314. The van der Waals surface area contributed by atoms with Crippen molar-refractivity contribution >= 4 is 29.9 Å². The number of H-pyrrole nitrogens is 1. The number of carboxylic acid groups (broad SMARTS) is 1. The Balaban J connectivity index is 0.000000817. The van der Waals surface area contributed by atoms with Crippen molar-refractivity contribution in [2.75, 3.05) is 13.2 Å². The molecule has 0 saturated carbocycles. The summed E-state index contributed by atoms with van der Waals surface area (Å²) >= 11 is 6.20. The van der Waals surface area contributed by atoms with Crippen LogP contribution in [0.1, 0.15) is 17.3 Å². The monoisotopic (exact) mass is 394 g/mol. The van der Waals surface area contributed by atoms with Gasteiger partial charge in [-0.25, -0.2) is 0 Å². The highest BCUT2D eigenvalue weighted by molar-refractivity contribution is 6.31. The van der Waals surface area contributed by atoms with Crippen LogP contribution in [0.4, 0.5) is 0 Å². The predicted molar refractivity (Wildman–Crippen MR) is 96.1 cm³/mol. The van der Waals surface area contributed by atoms with Gasteiger partial charge < -0.3 is 20.5 Å². The van der Waals surface area contributed by atoms with Crippen LogP contribution in [0.3, 0.4) is 0 Å². The number of morpholine rings is 1. The Bertz CT molecular complexity index is 768. The smallest absolute Gasteiger partial charge is 0.290 e. The molecule has 0 unspecified atom stereocenters. The normalized spacial score (nSPS) is 18.6. The first kappa shape index (κ1) is 20.4. The molecule has 2 heterocycles. The molecule has 9 nitrogen and oxygen atoms in total. The van der Waals surface area contributed by atoms with Crippen LogP contribution in [-0.4, -0.2) is 52.8 Å². The minimum atomic E-state index is -0.829. The van der Waals surface area contributed by atoms with Crippen LogP contribution in [-0.2, 0) is 25.5 Å². The van der Waals surface area contributed by atoms with E-state index in [0.29, 0.717) is 23.6 Å². The number of halogens is 1. The van der Waals surface area contributed by atoms with E-state index in [9.17, 15) is 9.59 Å². The third-order valence-corrected chi connectivity index (χ3v) is 4.11. The number of nitrogens with zero attached hydrogens (tertiary/aromatic N) is 1. The zero-order chi connectivity index (χ0) is 19.6. The zero-order valence-electron chi connectivity index (χ0n) is 14.2. The number of carbonyl (C=O) groups is 3. The Labute approximate surface area is 160 Å². The molecule has 0 bridgehead atoms. The Morgan fingerprint density at radius 3 is 2.81 bits per heavy atom. The van der Waals surface area contributed by atoms with Crippen molar-refractivity contribution in [1.29, 1.82) is 0 Å². The number of rotatable bonds is 5. The molecule has 0 aliphatic carbocycles. The van der Waals surface area contributed by atoms with Crippen molar-refractivity contribution in [3.63, 3.8) is 0 Å². The molecule has 1 aromatic carbocycles. The summed E-state index contributed by atoms with van der Waals surface area (Å²) in [6.07, 6.45) is 1.45. The topological polar surface area (TPSA) is 133 Å². The number of nitrogens with one attached hydrogen (secondary N) is 3. The second-order valence-electron chi connectivity index (χ2n) is 5.53. The predicted octanol–water partition coefficient (Wildman–Crippen LogP) is 0.679. The number of amides is 2. The molecule has 2 atom stereocenters. The first-order valence-electron chi connectivity index (χ1n) is 8.06. The van der Waals surface area contributed by atoms with E-state index in [0.717, 1.165) is 5.69 Å². The Hall–Kier alpha value is -2.91. The van der Waals surface area contributed by atoms with Gasteiger partial charge in [-0.05, 0) is 17.7 Å². The minimum Gasteiger partial charge on any atom is -0.483 e. The molecule has 2 amide bonds. The van der Waals surface area contributed by atoms with E-state index in [1.807, 2.05) is 6.07 Å². The lowest BCUT2D eigenvalue weighted by Gasteiger charge is -2.32. The fourth-order valence-electron chi connectivity index (χ4n) is 2.59. The van der Waals surface area contributed by atoms with Crippen molar-refractivity contribution in [3.05, 3.63) is 52.8 Å². The van der Waals surface area contributed by atoms with E-state index >= 15 is 0 Å². The summed E-state index contributed by atoms with van der Waals surface area (Å²) in [4.78, 5) is 32.5. The van der Waals surface area contributed by atoms with Gasteiger partial charge >= 0.3 is 0 Å². The van der Waals surface area contributed by atoms with Gasteiger partial charge in [-0.2, -0.15) is 5.10 Å². The lowest BCUT2D eigenvalue weighted by atomic mass is 9.99. The maximum absolute atomic E-state index is 12.5. The summed E-state index contributed by atoms with van der Waals surface area (Å²) in [5.74, 6) is -0.569. The van der Waals surface area contributed by atoms with E-state index in [-0.39, 0.29) is 24.9 Å². The highest BCUT2D eigenvalue weighted by Gasteiger charge is 2.36. The number of ether oxygens (including phenoxy) is 1. The van der Waals surface area contributed by atoms with Gasteiger partial charge in [-0.1, -0.05) is 29.8 Å². The van der Waals surface area contributed by atoms with Crippen LogP contribution in [0.25, 0.3) is 0 Å². The molecule has 0 spiro atoms. The Morgan fingerprint density at radius 2 is 2.15 bits per heavy atom. The molecular weight excluding hydrogens is 376 g/mol. The van der Waals surface area contributed by atoms with Gasteiger partial charge in [0.05, 0.1) is 6.04 Å². The fraction of sp³-hybridized carbons (Fsp3) is 0.294. The first-order chi connectivity index (χ1) is 13.1. The maximum Gasteiger partial charge on any atom is 0.290 e. The number of hydrogen-bond donors (Lipinski definition) is 4. The standard InChI is InChI=1S/C16H17ClN4O3.CH2O2/c17-12-4-2-1-3-11(12)14-15(24-9-13(22)20-14)16(23)18-7-5-10-6-8-19-21-10;2-1-3/h1-4,6,8,14-15H,5,7,9H2,(H,18,23)(H,19,21)(H,20,22);1H,(H,2,3)/t14-,15+;/m1./s1. The number of hydrogen-bond acceptors (Lipinski definition) is 5. The third kappa shape index (κ3) is 5.80. The first-order valence-corrected chi connectivity index (χ1v) is 8.43. The Morgan fingerprint density at radius 1 is 1.41 bits per heavy atom. The molecular formula is C17H19ClN4O5. The lowest BCUT2D eigenvalue weighted by molar-refractivity contribution is -0.148. The van der Waals surface area contributed by atoms with Gasteiger partial charge in [-0.15, -0.1) is 0 Å². The highest BCUT2D eigenvalue weighted by atomic mass is 35.5. The second-order valence-corrected chi connectivity index (χ2v) is 5.93. The molecule has 144 valence electrons. The second kappa shape index (κ2) is 10.3. The minimum absolute atomic E-state index is 0.153. The van der Waals surface area contributed by atoms with Crippen molar-refractivity contribution in [1.82, 2.24) is 20.8 Å². The summed E-state index contributed by atoms with van der Waals surface area (Å²) in [5.41, 5.74) is 1.58. The summed E-state index contributed by atoms with van der Waals surface area (Å²) in [5, 5.41) is 19.7. The number of aromatic nitrogens is 2. The molecule has 3 rings (SSSR count). The quantitative estimate of drug-likeness (QED) is 0.551. The van der Waals surface area contributed by atoms with Gasteiger partial charge in [0.25, 0.3) is 12.4 Å². The van der Waals surface area contributed by atoms with Crippen LogP contribution < -0.4 is 10.6 Å². The van der Waals surface area contributed by atoms with E-state index in [4.69, 9.17) is 26.2 Å². The molecule has 0 radical (unpaired) electrons. The van der Waals surface area contributed by atoms with E-state index in [1.54, 1.807) is 30.5 Å². The molecule has 1 saturated heterocycles. The van der Waals surface area contributed by atoms with Gasteiger partial charge in [0.2, 0.25) is 5.91 Å². The van der Waals surface area contributed by atoms with E-state index < -0.39 is 12.1 Å². The SMILES string of the molecule is O=C1CO[C@H](C(=O)NCCc2ccn[nH]2)[C@@H](c2ccccc2Cl)N1.O=CO. The Kier molecular flexibility index (Phi) is 7.78. The average Bonchev–Trinajstić information content (AvgIpc) is 3.16. The number of aromatic amines is 1. The van der Waals surface area contributed by atoms with Crippen molar-refractivity contribution in [3.8, 4) is 0 Å². The fourth-order valence-corrected chi connectivity index (χ4v) is 2.85. The van der Waals surface area contributed by atoms with Crippen LogP contribution in [0.5, 0.6) is 0 Å². The van der Waals surface area contributed by atoms with Gasteiger partial charge in [0.15, 0.2) is 6.10 Å². The number of benzene rings is 1. The van der Waals surface area contributed by atoms with Crippen molar-refractivity contribution in [2.24, 2.45) is 0 Å². The summed E-state index contributed by atoms with van der Waals surface area (Å²) in [6, 6.07) is 8.30. The number of carbonyl (C=O) groups excluding carboxylic acids is 2. The largest absolute Gasteiger partial charge is 0.483 e. The van der Waals surface area contributed by atoms with Gasteiger partial charge in [0, 0.05) is 29.9 Å². The van der Waals surface area contributed by atoms with Gasteiger partial charge in [0.1, 0.15) is 6.61 Å². The molecule has 10 heteroatoms. The van der Waals surface area contributed by atoms with Crippen LogP contribution in [0.15, 0.2) is 36.5 Å². The molecule has 2 aromatic rings. The maximum atomic E-state index is 12.5. The van der Waals surface area contributed by atoms with Crippen molar-refractivity contribution in [2.45, 2.75) is 18.6 Å². The van der Waals surface area contributed by atoms with Gasteiger partial charge in [-0.3, -0.25) is 19.5 Å². The third-order valence-electron chi connectivity index (χ3n) is 3.76. The summed E-state index contributed by atoms with van der Waals surface area (Å²) in [7, 11) is 0. The summed E-state index contributed by atoms with van der Waals surface area (Å²) < 4.78 is 5.46. The van der Waals surface area contributed by atoms with Crippen LogP contribution in [0, 0.1) is 0 Å². The van der Waals surface area contributed by atoms with Crippen molar-refractivity contribution < 1.29 is 24.2 Å². The average molecular weight is 395 g/mol. The molecule has 1 fully saturated rings. The molecule has 4 N–H and O–H groups in total. The molecule has 1 aliphatic heterocycles. The lowest BCUT2D eigenvalue weighted by Crippen LogP contribution is -2.52. The highest BCUT2D eigenvalue weighted by Crippen LogP contribution is 2.28. The molecule has 1 aromatic heterocycles. The zero-order valence-corrected chi connectivity index (χ0v) is 15.0. The van der Waals surface area contributed by atoms with E-state index in [2.05, 4.69) is 20.8 Å². The molecule has 27 heavy (non-hydrogen) atoms.